The Kier molecular flexibility index (Phi) is 4.72. The number of benzene rings is 1. The van der Waals surface area contributed by atoms with E-state index in [1.165, 1.54) is 11.1 Å². The van der Waals surface area contributed by atoms with E-state index in [0.717, 1.165) is 49.8 Å². The van der Waals surface area contributed by atoms with Gasteiger partial charge in [-0.15, -0.1) is 0 Å². The lowest BCUT2D eigenvalue weighted by Crippen LogP contribution is -2.35. The summed E-state index contributed by atoms with van der Waals surface area (Å²) in [4.78, 5) is 14.3. The zero-order valence-electron chi connectivity index (χ0n) is 15.5. The molecule has 0 bridgehead atoms. The zero-order valence-corrected chi connectivity index (χ0v) is 15.5. The molecule has 7 heteroatoms. The summed E-state index contributed by atoms with van der Waals surface area (Å²) in [5.74, 6) is 2.87. The number of H-pyrrole nitrogens is 1. The number of likely N-dealkylation sites (tertiary alicyclic amines) is 1. The van der Waals surface area contributed by atoms with Crippen LogP contribution in [-0.4, -0.2) is 46.0 Å². The molecule has 1 aromatic heterocycles. The second kappa shape index (κ2) is 7.15. The second-order valence-electron chi connectivity index (χ2n) is 7.13. The van der Waals surface area contributed by atoms with Crippen molar-refractivity contribution < 1.29 is 9.47 Å². The molecule has 1 atom stereocenters. The van der Waals surface area contributed by atoms with Crippen molar-refractivity contribution in [1.82, 2.24) is 19.7 Å². The van der Waals surface area contributed by atoms with Crippen molar-refractivity contribution in [2.45, 2.75) is 45.7 Å². The first-order valence-electron chi connectivity index (χ1n) is 9.42. The highest BCUT2D eigenvalue weighted by atomic mass is 16.6. The standard InChI is InChI=1S/C19H26N4O3/c1-3-23-18(20-21-19(23)24)14-5-4-6-22(11-14)12-15-10-17-16(9-13(15)2)25-7-8-26-17/h9-10,14H,3-8,11-12H2,1-2H3,(H,21,24)/t14-/m0/s1. The third kappa shape index (κ3) is 3.23. The molecule has 26 heavy (non-hydrogen) atoms. The topological polar surface area (TPSA) is 72.4 Å². The van der Waals surface area contributed by atoms with Gasteiger partial charge in [0.15, 0.2) is 11.5 Å². The number of nitrogens with one attached hydrogen (secondary N) is 1. The molecule has 1 saturated heterocycles. The summed E-state index contributed by atoms with van der Waals surface area (Å²) in [6, 6.07) is 4.19. The van der Waals surface area contributed by atoms with E-state index in [1.54, 1.807) is 4.57 Å². The lowest BCUT2D eigenvalue weighted by atomic mass is 9.96. The van der Waals surface area contributed by atoms with E-state index in [4.69, 9.17) is 9.47 Å². The van der Waals surface area contributed by atoms with Crippen LogP contribution in [-0.2, 0) is 13.1 Å². The quantitative estimate of drug-likeness (QED) is 0.906. The fourth-order valence-corrected chi connectivity index (χ4v) is 4.00. The van der Waals surface area contributed by atoms with Crippen molar-refractivity contribution in [1.29, 1.82) is 0 Å². The van der Waals surface area contributed by atoms with E-state index in [9.17, 15) is 4.79 Å². The average molecular weight is 358 g/mol. The Hall–Kier alpha value is -2.28. The molecule has 1 N–H and O–H groups in total. The highest BCUT2D eigenvalue weighted by molar-refractivity contribution is 5.47. The molecule has 0 radical (unpaired) electrons. The molecule has 2 aromatic rings. The third-order valence-corrected chi connectivity index (χ3v) is 5.37. The third-order valence-electron chi connectivity index (χ3n) is 5.37. The number of hydrogen-bond acceptors (Lipinski definition) is 5. The van der Waals surface area contributed by atoms with Crippen LogP contribution in [0.15, 0.2) is 16.9 Å². The Morgan fingerprint density at radius 1 is 1.27 bits per heavy atom. The van der Waals surface area contributed by atoms with Crippen molar-refractivity contribution in [3.63, 3.8) is 0 Å². The maximum absolute atomic E-state index is 11.9. The smallest absolute Gasteiger partial charge is 0.343 e. The number of aromatic amines is 1. The number of ether oxygens (including phenoxy) is 2. The van der Waals surface area contributed by atoms with Crippen LogP contribution in [0.5, 0.6) is 11.5 Å². The predicted molar refractivity (Wildman–Crippen MR) is 97.9 cm³/mol. The average Bonchev–Trinajstić information content (AvgIpc) is 3.03. The van der Waals surface area contributed by atoms with Gasteiger partial charge < -0.3 is 9.47 Å². The van der Waals surface area contributed by atoms with Gasteiger partial charge in [0.05, 0.1) is 0 Å². The summed E-state index contributed by atoms with van der Waals surface area (Å²) in [5, 5.41) is 6.89. The summed E-state index contributed by atoms with van der Waals surface area (Å²) >= 11 is 0. The molecule has 2 aliphatic heterocycles. The molecule has 1 fully saturated rings. The van der Waals surface area contributed by atoms with Gasteiger partial charge >= 0.3 is 5.69 Å². The van der Waals surface area contributed by atoms with Crippen molar-refractivity contribution in [2.75, 3.05) is 26.3 Å². The minimum atomic E-state index is -0.109. The lowest BCUT2D eigenvalue weighted by Gasteiger charge is -2.33. The lowest BCUT2D eigenvalue weighted by molar-refractivity contribution is 0.169. The first-order valence-corrected chi connectivity index (χ1v) is 9.42. The highest BCUT2D eigenvalue weighted by Crippen LogP contribution is 2.34. The van der Waals surface area contributed by atoms with Crippen LogP contribution in [0.2, 0.25) is 0 Å². The Morgan fingerprint density at radius 3 is 2.81 bits per heavy atom. The first-order chi connectivity index (χ1) is 12.7. The Morgan fingerprint density at radius 2 is 2.04 bits per heavy atom. The number of aromatic nitrogens is 3. The zero-order chi connectivity index (χ0) is 18.1. The van der Waals surface area contributed by atoms with Gasteiger partial charge in [0.2, 0.25) is 0 Å². The van der Waals surface area contributed by atoms with Crippen LogP contribution < -0.4 is 15.2 Å². The van der Waals surface area contributed by atoms with Crippen molar-refractivity contribution in [2.24, 2.45) is 0 Å². The monoisotopic (exact) mass is 358 g/mol. The Bertz CT molecular complexity index is 842. The van der Waals surface area contributed by atoms with Crippen LogP contribution in [0.25, 0.3) is 0 Å². The summed E-state index contributed by atoms with van der Waals surface area (Å²) in [6.45, 7) is 8.83. The van der Waals surface area contributed by atoms with E-state index in [0.29, 0.717) is 25.7 Å². The fourth-order valence-electron chi connectivity index (χ4n) is 4.00. The molecule has 2 aliphatic rings. The number of hydrogen-bond donors (Lipinski definition) is 1. The molecular formula is C19H26N4O3. The normalized spacial score (nSPS) is 20.3. The van der Waals surface area contributed by atoms with Gasteiger partial charge in [-0.3, -0.25) is 9.47 Å². The van der Waals surface area contributed by atoms with E-state index in [1.807, 2.05) is 6.92 Å². The van der Waals surface area contributed by atoms with E-state index < -0.39 is 0 Å². The number of fused-ring (bicyclic) bond motifs is 1. The maximum atomic E-state index is 11.9. The molecule has 0 saturated carbocycles. The predicted octanol–water partition coefficient (Wildman–Crippen LogP) is 2.05. The van der Waals surface area contributed by atoms with Crippen LogP contribution in [0.3, 0.4) is 0 Å². The highest BCUT2D eigenvalue weighted by Gasteiger charge is 2.26. The minimum absolute atomic E-state index is 0.109. The van der Waals surface area contributed by atoms with Gasteiger partial charge in [-0.2, -0.15) is 5.10 Å². The summed E-state index contributed by atoms with van der Waals surface area (Å²) < 4.78 is 13.2. The van der Waals surface area contributed by atoms with E-state index in [2.05, 4.69) is 34.2 Å². The molecule has 0 spiro atoms. The number of rotatable bonds is 4. The summed E-state index contributed by atoms with van der Waals surface area (Å²) in [6.07, 6.45) is 2.18. The van der Waals surface area contributed by atoms with Gasteiger partial charge in [-0.05, 0) is 56.5 Å². The van der Waals surface area contributed by atoms with Crippen LogP contribution in [0, 0.1) is 6.92 Å². The van der Waals surface area contributed by atoms with Gasteiger partial charge in [0, 0.05) is 25.6 Å². The largest absolute Gasteiger partial charge is 0.486 e. The van der Waals surface area contributed by atoms with Gasteiger partial charge in [0.25, 0.3) is 0 Å². The number of aryl methyl sites for hydroxylation is 1. The molecular weight excluding hydrogens is 332 g/mol. The molecule has 0 amide bonds. The van der Waals surface area contributed by atoms with Crippen molar-refractivity contribution >= 4 is 0 Å². The fraction of sp³-hybridized carbons (Fsp3) is 0.579. The van der Waals surface area contributed by atoms with Gasteiger partial charge in [-0.25, -0.2) is 9.89 Å². The number of piperidine rings is 1. The molecule has 0 aliphatic carbocycles. The van der Waals surface area contributed by atoms with Gasteiger partial charge in [0.1, 0.15) is 19.0 Å². The maximum Gasteiger partial charge on any atom is 0.343 e. The Labute approximate surface area is 152 Å². The molecule has 0 unspecified atom stereocenters. The van der Waals surface area contributed by atoms with Crippen LogP contribution >= 0.6 is 0 Å². The molecule has 1 aromatic carbocycles. The van der Waals surface area contributed by atoms with E-state index in [-0.39, 0.29) is 5.69 Å². The van der Waals surface area contributed by atoms with Crippen LogP contribution in [0.1, 0.15) is 42.6 Å². The second-order valence-corrected chi connectivity index (χ2v) is 7.13. The minimum Gasteiger partial charge on any atom is -0.486 e. The first kappa shape index (κ1) is 17.1. The Balaban J connectivity index is 1.51. The van der Waals surface area contributed by atoms with Crippen molar-refractivity contribution in [3.8, 4) is 11.5 Å². The molecule has 7 nitrogen and oxygen atoms in total. The van der Waals surface area contributed by atoms with Crippen molar-refractivity contribution in [3.05, 3.63) is 39.6 Å². The summed E-state index contributed by atoms with van der Waals surface area (Å²) in [5.41, 5.74) is 2.38. The van der Waals surface area contributed by atoms with Gasteiger partial charge in [-0.1, -0.05) is 0 Å². The molecule has 140 valence electrons. The summed E-state index contributed by atoms with van der Waals surface area (Å²) in [7, 11) is 0. The molecule has 4 rings (SSSR count). The molecule has 3 heterocycles. The SMILES string of the molecule is CCn1c([C@H]2CCCN(Cc3cc4c(cc3C)OCCO4)C2)n[nH]c1=O. The number of nitrogens with zero attached hydrogens (tertiary/aromatic N) is 3. The van der Waals surface area contributed by atoms with E-state index >= 15 is 0 Å². The van der Waals surface area contributed by atoms with Crippen LogP contribution in [0.4, 0.5) is 0 Å².